The first kappa shape index (κ1) is 27.0. The van der Waals surface area contributed by atoms with Crippen LogP contribution in [-0.4, -0.2) is 26.9 Å². The van der Waals surface area contributed by atoms with Crippen LogP contribution < -0.4 is 15.7 Å². The first-order valence-corrected chi connectivity index (χ1v) is 11.8. The van der Waals surface area contributed by atoms with Gasteiger partial charge in [0.05, 0.1) is 11.0 Å². The van der Waals surface area contributed by atoms with Crippen LogP contribution in [0.1, 0.15) is 50.1 Å². The van der Waals surface area contributed by atoms with Gasteiger partial charge in [-0.3, -0.25) is 28.8 Å². The number of amides is 2. The van der Waals surface area contributed by atoms with Crippen LogP contribution in [0.2, 0.25) is 0 Å². The molecule has 0 radical (unpaired) electrons. The van der Waals surface area contributed by atoms with Gasteiger partial charge in [-0.1, -0.05) is 12.5 Å². The zero-order valence-corrected chi connectivity index (χ0v) is 20.1. The third-order valence-electron chi connectivity index (χ3n) is 6.41. The van der Waals surface area contributed by atoms with Crippen molar-refractivity contribution in [1.82, 2.24) is 14.5 Å². The normalized spacial score (nSPS) is 15.7. The number of hydrogen-bond acceptors (Lipinski definition) is 5. The van der Waals surface area contributed by atoms with Crippen LogP contribution in [0.4, 0.5) is 22.0 Å². The molecule has 2 amide bonds. The van der Waals surface area contributed by atoms with Crippen molar-refractivity contribution in [2.45, 2.75) is 51.0 Å². The Labute approximate surface area is 212 Å². The standard InChI is InChI=1S/C25H22F5N3O5/c1-32-15-11-12(7-8-13(15)33(25(32)37)14-9-10-16(34)31-24(14)36)5-3-2-4-6-17(35)38-23-21(29)19(27)18(26)20(28)22(23)30/h7-8,11,14H,2-6,9-10H2,1H3,(H,31,34,36). The summed E-state index contributed by atoms with van der Waals surface area (Å²) >= 11 is 0. The van der Waals surface area contributed by atoms with Gasteiger partial charge in [0.2, 0.25) is 46.6 Å². The second-order valence-electron chi connectivity index (χ2n) is 8.94. The third kappa shape index (κ3) is 5.04. The smallest absolute Gasteiger partial charge is 0.329 e. The van der Waals surface area contributed by atoms with Crippen LogP contribution >= 0.6 is 0 Å². The van der Waals surface area contributed by atoms with Crippen LogP contribution in [0.25, 0.3) is 11.0 Å². The number of imide groups is 1. The molecule has 1 fully saturated rings. The van der Waals surface area contributed by atoms with E-state index in [-0.39, 0.29) is 37.3 Å². The molecule has 1 N–H and O–H groups in total. The van der Waals surface area contributed by atoms with E-state index in [2.05, 4.69) is 10.1 Å². The Morgan fingerprint density at radius 3 is 2.26 bits per heavy atom. The molecule has 38 heavy (non-hydrogen) atoms. The maximum Gasteiger partial charge on any atom is 0.329 e. The fourth-order valence-electron chi connectivity index (χ4n) is 4.41. The molecule has 13 heteroatoms. The number of carbonyl (C=O) groups excluding carboxylic acids is 3. The van der Waals surface area contributed by atoms with Gasteiger partial charge in [0.15, 0.2) is 0 Å². The molecule has 1 unspecified atom stereocenters. The number of nitrogens with zero attached hydrogens (tertiary/aromatic N) is 2. The van der Waals surface area contributed by atoms with Crippen LogP contribution in [0.15, 0.2) is 23.0 Å². The maximum atomic E-state index is 13.6. The molecule has 1 aliphatic rings. The number of esters is 1. The van der Waals surface area contributed by atoms with Crippen molar-refractivity contribution in [1.29, 1.82) is 0 Å². The van der Waals surface area contributed by atoms with E-state index in [9.17, 15) is 41.1 Å². The lowest BCUT2D eigenvalue weighted by atomic mass is 10.0. The summed E-state index contributed by atoms with van der Waals surface area (Å²) in [6, 6.07) is 4.52. The molecule has 0 aliphatic carbocycles. The highest BCUT2D eigenvalue weighted by atomic mass is 19.2. The number of fused-ring (bicyclic) bond motifs is 1. The minimum Gasteiger partial charge on any atom is -0.420 e. The number of unbranched alkanes of at least 4 members (excludes halogenated alkanes) is 2. The van der Waals surface area contributed by atoms with Crippen molar-refractivity contribution in [2.75, 3.05) is 0 Å². The number of ether oxygens (including phenoxy) is 1. The number of benzene rings is 2. The molecular weight excluding hydrogens is 517 g/mol. The molecular formula is C25H22F5N3O5. The number of hydrogen-bond donors (Lipinski definition) is 1. The van der Waals surface area contributed by atoms with E-state index < -0.39 is 52.8 Å². The van der Waals surface area contributed by atoms with Crippen molar-refractivity contribution in [3.8, 4) is 5.75 Å². The predicted molar refractivity (Wildman–Crippen MR) is 123 cm³/mol. The van der Waals surface area contributed by atoms with Crippen LogP contribution in [0.3, 0.4) is 0 Å². The third-order valence-corrected chi connectivity index (χ3v) is 6.41. The minimum absolute atomic E-state index is 0.131. The quantitative estimate of drug-likeness (QED) is 0.0895. The average molecular weight is 539 g/mol. The monoisotopic (exact) mass is 539 g/mol. The van der Waals surface area contributed by atoms with E-state index in [0.29, 0.717) is 30.3 Å². The maximum absolute atomic E-state index is 13.6. The Hall–Kier alpha value is -4.03. The zero-order chi connectivity index (χ0) is 27.7. The highest BCUT2D eigenvalue weighted by Gasteiger charge is 2.31. The van der Waals surface area contributed by atoms with Crippen LogP contribution in [0, 0.1) is 29.1 Å². The lowest BCUT2D eigenvalue weighted by Gasteiger charge is -2.21. The molecule has 1 atom stereocenters. The summed E-state index contributed by atoms with van der Waals surface area (Å²) in [6.07, 6.45) is 1.91. The molecule has 2 heterocycles. The fourth-order valence-corrected chi connectivity index (χ4v) is 4.41. The van der Waals surface area contributed by atoms with Gasteiger partial charge in [0.25, 0.3) is 0 Å². The van der Waals surface area contributed by atoms with E-state index in [1.807, 2.05) is 0 Å². The van der Waals surface area contributed by atoms with E-state index in [1.54, 1.807) is 25.2 Å². The van der Waals surface area contributed by atoms with Crippen molar-refractivity contribution in [3.05, 3.63) is 63.3 Å². The molecule has 4 rings (SSSR count). The summed E-state index contributed by atoms with van der Waals surface area (Å²) in [7, 11) is 1.58. The molecule has 0 spiro atoms. The summed E-state index contributed by atoms with van der Waals surface area (Å²) in [5, 5.41) is 2.25. The van der Waals surface area contributed by atoms with Crippen molar-refractivity contribution in [2.24, 2.45) is 7.05 Å². The van der Waals surface area contributed by atoms with Gasteiger partial charge in [-0.05, 0) is 43.4 Å². The zero-order valence-electron chi connectivity index (χ0n) is 20.1. The van der Waals surface area contributed by atoms with Crippen LogP contribution in [0.5, 0.6) is 5.75 Å². The van der Waals surface area contributed by atoms with Gasteiger partial charge in [-0.15, -0.1) is 0 Å². The van der Waals surface area contributed by atoms with Gasteiger partial charge in [0.1, 0.15) is 6.04 Å². The first-order valence-electron chi connectivity index (χ1n) is 11.8. The minimum atomic E-state index is -2.34. The molecule has 2 aromatic carbocycles. The Morgan fingerprint density at radius 2 is 1.61 bits per heavy atom. The van der Waals surface area contributed by atoms with Crippen molar-refractivity contribution in [3.63, 3.8) is 0 Å². The number of aryl methyl sites for hydroxylation is 2. The number of halogens is 5. The number of nitrogens with one attached hydrogen (secondary N) is 1. The van der Waals surface area contributed by atoms with Crippen molar-refractivity contribution < 1.29 is 41.1 Å². The van der Waals surface area contributed by atoms with Gasteiger partial charge in [-0.25, -0.2) is 18.0 Å². The van der Waals surface area contributed by atoms with E-state index >= 15 is 0 Å². The summed E-state index contributed by atoms with van der Waals surface area (Å²) in [5.41, 5.74) is 1.63. The van der Waals surface area contributed by atoms with Crippen LogP contribution in [-0.2, 0) is 27.9 Å². The number of carbonyl (C=O) groups is 3. The van der Waals surface area contributed by atoms with Gasteiger partial charge < -0.3 is 4.74 Å². The Bertz CT molecular complexity index is 1480. The summed E-state index contributed by atoms with van der Waals surface area (Å²) in [6.45, 7) is 0. The average Bonchev–Trinajstić information content (AvgIpc) is 3.13. The number of aromatic nitrogens is 2. The van der Waals surface area contributed by atoms with Gasteiger partial charge in [0, 0.05) is 19.9 Å². The van der Waals surface area contributed by atoms with E-state index in [1.165, 1.54) is 9.13 Å². The second-order valence-corrected chi connectivity index (χ2v) is 8.94. The van der Waals surface area contributed by atoms with Gasteiger partial charge >= 0.3 is 11.7 Å². The molecule has 0 bridgehead atoms. The lowest BCUT2D eigenvalue weighted by molar-refractivity contribution is -0.136. The summed E-state index contributed by atoms with van der Waals surface area (Å²) in [4.78, 5) is 48.4. The lowest BCUT2D eigenvalue weighted by Crippen LogP contribution is -2.44. The first-order chi connectivity index (χ1) is 18.0. The summed E-state index contributed by atoms with van der Waals surface area (Å²) in [5.74, 6) is -14.9. The van der Waals surface area contributed by atoms with Gasteiger partial charge in [-0.2, -0.15) is 8.78 Å². The molecule has 202 valence electrons. The molecule has 1 saturated heterocycles. The summed E-state index contributed by atoms with van der Waals surface area (Å²) < 4.78 is 74.0. The number of piperidine rings is 1. The fraction of sp³-hybridized carbons (Fsp3) is 0.360. The molecule has 1 aromatic heterocycles. The molecule has 0 saturated carbocycles. The molecule has 1 aliphatic heterocycles. The molecule has 8 nitrogen and oxygen atoms in total. The Morgan fingerprint density at radius 1 is 0.947 bits per heavy atom. The Balaban J connectivity index is 1.34. The molecule has 3 aromatic rings. The largest absolute Gasteiger partial charge is 0.420 e. The topological polar surface area (TPSA) is 99.4 Å². The van der Waals surface area contributed by atoms with E-state index in [0.717, 1.165) is 5.56 Å². The van der Waals surface area contributed by atoms with E-state index in [4.69, 9.17) is 0 Å². The number of rotatable bonds is 8. The SMILES string of the molecule is Cn1c(=O)n(C2CCC(=O)NC2=O)c2ccc(CCCCCC(=O)Oc3c(F)c(F)c(F)c(F)c3F)cc21. The van der Waals surface area contributed by atoms with Crippen molar-refractivity contribution >= 4 is 28.8 Å². The highest BCUT2D eigenvalue weighted by Crippen LogP contribution is 2.29. The second kappa shape index (κ2) is 10.8. The Kier molecular flexibility index (Phi) is 7.65. The number of imidazole rings is 1. The predicted octanol–water partition coefficient (Wildman–Crippen LogP) is 3.72. The highest BCUT2D eigenvalue weighted by molar-refractivity contribution is 6.00.